The summed E-state index contributed by atoms with van der Waals surface area (Å²) in [5.74, 6) is -1.22. The van der Waals surface area contributed by atoms with Crippen LogP contribution in [0.3, 0.4) is 0 Å². The molecule has 1 heterocycles. The van der Waals surface area contributed by atoms with Crippen molar-refractivity contribution in [3.8, 4) is 11.4 Å². The number of carbonyl (C=O) groups is 1. The van der Waals surface area contributed by atoms with Crippen LogP contribution in [0.5, 0.6) is 0 Å². The Kier molecular flexibility index (Phi) is 4.78. The van der Waals surface area contributed by atoms with Crippen molar-refractivity contribution in [2.75, 3.05) is 7.05 Å². The van der Waals surface area contributed by atoms with Gasteiger partial charge in [-0.1, -0.05) is 42.3 Å². The number of carbonyl (C=O) groups excluding carboxylic acids is 1. The van der Waals surface area contributed by atoms with Crippen LogP contribution in [0, 0.1) is 5.92 Å². The molecule has 1 fully saturated rings. The lowest BCUT2D eigenvalue weighted by molar-refractivity contribution is -0.159. The smallest absolute Gasteiger partial charge is 0.341 e. The van der Waals surface area contributed by atoms with Gasteiger partial charge in [0.2, 0.25) is 11.7 Å². The molecule has 0 saturated heterocycles. The number of hydrogen-bond acceptors (Lipinski definition) is 4. The van der Waals surface area contributed by atoms with E-state index in [0.29, 0.717) is 12.1 Å². The zero-order valence-corrected chi connectivity index (χ0v) is 13.7. The maximum atomic E-state index is 12.5. The van der Waals surface area contributed by atoms with E-state index >= 15 is 0 Å². The van der Waals surface area contributed by atoms with Gasteiger partial charge in [-0.05, 0) is 18.4 Å². The van der Waals surface area contributed by atoms with Crippen LogP contribution < -0.4 is 0 Å². The molecular formula is C17H18F3N3O2. The van der Waals surface area contributed by atoms with Crippen molar-refractivity contribution in [1.82, 2.24) is 15.0 Å². The molecule has 0 atom stereocenters. The Morgan fingerprint density at radius 2 is 1.88 bits per heavy atom. The van der Waals surface area contributed by atoms with E-state index in [-0.39, 0.29) is 17.6 Å². The minimum atomic E-state index is -4.66. The van der Waals surface area contributed by atoms with Crippen LogP contribution in [0.4, 0.5) is 13.2 Å². The minimum Gasteiger partial charge on any atom is -0.341 e. The second-order valence-electron chi connectivity index (χ2n) is 6.29. The van der Waals surface area contributed by atoms with Gasteiger partial charge >= 0.3 is 12.1 Å². The molecule has 5 nitrogen and oxygen atoms in total. The zero-order chi connectivity index (χ0) is 18.0. The Morgan fingerprint density at radius 3 is 2.44 bits per heavy atom. The molecule has 1 amide bonds. The normalized spacial score (nSPS) is 15.5. The molecule has 0 N–H and O–H groups in total. The molecule has 1 aromatic carbocycles. The molecule has 3 rings (SSSR count). The summed E-state index contributed by atoms with van der Waals surface area (Å²) in [6, 6.07) is 6.73. The van der Waals surface area contributed by atoms with Crippen LogP contribution in [-0.2, 0) is 17.5 Å². The van der Waals surface area contributed by atoms with Crippen molar-refractivity contribution in [2.45, 2.75) is 38.4 Å². The summed E-state index contributed by atoms with van der Waals surface area (Å²) in [5.41, 5.74) is 1.31. The van der Waals surface area contributed by atoms with Gasteiger partial charge < -0.3 is 9.42 Å². The monoisotopic (exact) mass is 353 g/mol. The number of halogens is 3. The Balaban J connectivity index is 1.66. The molecule has 134 valence electrons. The van der Waals surface area contributed by atoms with Crippen LogP contribution in [-0.4, -0.2) is 28.0 Å². The van der Waals surface area contributed by atoms with Crippen molar-refractivity contribution in [3.05, 3.63) is 35.7 Å². The number of amides is 1. The van der Waals surface area contributed by atoms with E-state index in [1.54, 1.807) is 36.2 Å². The van der Waals surface area contributed by atoms with Crippen LogP contribution in [0.15, 0.2) is 28.8 Å². The number of hydrogen-bond donors (Lipinski definition) is 0. The molecule has 1 aromatic heterocycles. The van der Waals surface area contributed by atoms with E-state index in [1.165, 1.54) is 0 Å². The Bertz CT molecular complexity index is 734. The van der Waals surface area contributed by atoms with Gasteiger partial charge in [0.05, 0.1) is 0 Å². The fourth-order valence-electron chi connectivity index (χ4n) is 3.05. The highest BCUT2D eigenvalue weighted by Gasteiger charge is 2.38. The largest absolute Gasteiger partial charge is 0.471 e. The van der Waals surface area contributed by atoms with Crippen molar-refractivity contribution < 1.29 is 22.5 Å². The first-order chi connectivity index (χ1) is 11.8. The summed E-state index contributed by atoms with van der Waals surface area (Å²) in [5, 5.41) is 3.35. The predicted octanol–water partition coefficient (Wildman–Crippen LogP) is 3.90. The fraction of sp³-hybridized carbons (Fsp3) is 0.471. The molecule has 1 saturated carbocycles. The molecule has 0 unspecified atom stereocenters. The lowest BCUT2D eigenvalue weighted by Crippen LogP contribution is -2.31. The average Bonchev–Trinajstić information content (AvgIpc) is 3.26. The second kappa shape index (κ2) is 6.85. The third-order valence-corrected chi connectivity index (χ3v) is 4.38. The number of rotatable bonds is 4. The first-order valence-corrected chi connectivity index (χ1v) is 8.10. The Labute approximate surface area is 142 Å². The molecule has 2 aromatic rings. The quantitative estimate of drug-likeness (QED) is 0.836. The van der Waals surface area contributed by atoms with Gasteiger partial charge in [-0.25, -0.2) is 0 Å². The minimum absolute atomic E-state index is 0.115. The number of benzene rings is 1. The average molecular weight is 353 g/mol. The SMILES string of the molecule is CN(Cc1ccc(-c2noc(C(F)(F)F)n2)cc1)C(=O)C1CCCC1. The number of nitrogens with zero attached hydrogens (tertiary/aromatic N) is 3. The highest BCUT2D eigenvalue weighted by molar-refractivity contribution is 5.78. The van der Waals surface area contributed by atoms with Gasteiger partial charge in [0.15, 0.2) is 0 Å². The highest BCUT2D eigenvalue weighted by atomic mass is 19.4. The summed E-state index contributed by atoms with van der Waals surface area (Å²) >= 11 is 0. The predicted molar refractivity (Wildman–Crippen MR) is 83.2 cm³/mol. The van der Waals surface area contributed by atoms with Gasteiger partial charge in [-0.15, -0.1) is 0 Å². The molecule has 8 heteroatoms. The lowest BCUT2D eigenvalue weighted by atomic mass is 10.1. The van der Waals surface area contributed by atoms with E-state index in [0.717, 1.165) is 31.2 Å². The van der Waals surface area contributed by atoms with Crippen molar-refractivity contribution >= 4 is 5.91 Å². The number of aromatic nitrogens is 2. The second-order valence-corrected chi connectivity index (χ2v) is 6.29. The lowest BCUT2D eigenvalue weighted by Gasteiger charge is -2.21. The first-order valence-electron chi connectivity index (χ1n) is 8.10. The van der Waals surface area contributed by atoms with Crippen molar-refractivity contribution in [2.24, 2.45) is 5.92 Å². The summed E-state index contributed by atoms with van der Waals surface area (Å²) in [6.07, 6.45) is -0.565. The van der Waals surface area contributed by atoms with E-state index in [9.17, 15) is 18.0 Å². The van der Waals surface area contributed by atoms with Crippen LogP contribution in [0.2, 0.25) is 0 Å². The molecule has 0 spiro atoms. The summed E-state index contributed by atoms with van der Waals surface area (Å²) in [7, 11) is 1.77. The highest BCUT2D eigenvalue weighted by Crippen LogP contribution is 2.30. The van der Waals surface area contributed by atoms with Crippen LogP contribution in [0.25, 0.3) is 11.4 Å². The third kappa shape index (κ3) is 4.00. The van der Waals surface area contributed by atoms with E-state index in [1.807, 2.05) is 0 Å². The van der Waals surface area contributed by atoms with E-state index in [4.69, 9.17) is 0 Å². The van der Waals surface area contributed by atoms with Crippen LogP contribution >= 0.6 is 0 Å². The van der Waals surface area contributed by atoms with E-state index in [2.05, 4.69) is 14.7 Å². The van der Waals surface area contributed by atoms with Gasteiger partial charge in [0.1, 0.15) is 0 Å². The maximum absolute atomic E-state index is 12.5. The third-order valence-electron chi connectivity index (χ3n) is 4.38. The molecule has 0 aliphatic heterocycles. The summed E-state index contributed by atoms with van der Waals surface area (Å²) in [6.45, 7) is 0.454. The Hall–Kier alpha value is -2.38. The maximum Gasteiger partial charge on any atom is 0.471 e. The van der Waals surface area contributed by atoms with Crippen molar-refractivity contribution in [3.63, 3.8) is 0 Å². The fourth-order valence-corrected chi connectivity index (χ4v) is 3.05. The van der Waals surface area contributed by atoms with Crippen LogP contribution in [0.1, 0.15) is 37.1 Å². The molecule has 25 heavy (non-hydrogen) atoms. The van der Waals surface area contributed by atoms with E-state index < -0.39 is 12.1 Å². The van der Waals surface area contributed by atoms with Gasteiger partial charge in [-0.2, -0.15) is 18.2 Å². The molecule has 1 aliphatic rings. The van der Waals surface area contributed by atoms with Gasteiger partial charge in [0.25, 0.3) is 0 Å². The van der Waals surface area contributed by atoms with Crippen molar-refractivity contribution in [1.29, 1.82) is 0 Å². The standard InChI is InChI=1S/C17H18F3N3O2/c1-23(15(24)13-4-2-3-5-13)10-11-6-8-12(9-7-11)14-21-16(25-22-14)17(18,19)20/h6-9,13H,2-5,10H2,1H3. The van der Waals surface area contributed by atoms with Gasteiger partial charge in [-0.3, -0.25) is 4.79 Å². The first kappa shape index (κ1) is 17.4. The number of alkyl halides is 3. The molecular weight excluding hydrogens is 335 g/mol. The molecule has 0 radical (unpaired) electrons. The van der Waals surface area contributed by atoms with Gasteiger partial charge in [0, 0.05) is 25.1 Å². The molecule has 1 aliphatic carbocycles. The zero-order valence-electron chi connectivity index (χ0n) is 13.7. The summed E-state index contributed by atoms with van der Waals surface area (Å²) in [4.78, 5) is 17.4. The molecule has 0 bridgehead atoms. The Morgan fingerprint density at radius 1 is 1.24 bits per heavy atom. The topological polar surface area (TPSA) is 59.2 Å². The summed E-state index contributed by atoms with van der Waals surface area (Å²) < 4.78 is 41.7.